The highest BCUT2D eigenvalue weighted by atomic mass is 32.2. The monoisotopic (exact) mass is 343 g/mol. The van der Waals surface area contributed by atoms with Crippen LogP contribution in [0.15, 0.2) is 5.38 Å². The van der Waals surface area contributed by atoms with Crippen LogP contribution in [-0.4, -0.2) is 45.2 Å². The minimum Gasteiger partial charge on any atom is -0.444 e. The Morgan fingerprint density at radius 2 is 2.23 bits per heavy atom. The number of aryl methyl sites for hydroxylation is 1. The first kappa shape index (κ1) is 17.1. The second-order valence-electron chi connectivity index (χ2n) is 6.07. The quantitative estimate of drug-likeness (QED) is 0.912. The Bertz CT molecular complexity index is 554. The van der Waals surface area contributed by atoms with Crippen molar-refractivity contribution in [3.05, 3.63) is 16.1 Å². The van der Waals surface area contributed by atoms with Crippen molar-refractivity contribution in [2.75, 3.05) is 11.6 Å². The number of nitrogens with one attached hydrogen (secondary N) is 1. The molecular formula is C14H21N3O3S2. The number of amides is 2. The molecule has 0 bridgehead atoms. The summed E-state index contributed by atoms with van der Waals surface area (Å²) in [6, 6.07) is -0.485. The van der Waals surface area contributed by atoms with E-state index in [0.29, 0.717) is 18.2 Å². The van der Waals surface area contributed by atoms with Crippen LogP contribution in [0, 0.1) is 6.92 Å². The molecule has 1 saturated heterocycles. The molecular weight excluding hydrogens is 322 g/mol. The van der Waals surface area contributed by atoms with E-state index in [4.69, 9.17) is 4.74 Å². The molecule has 1 unspecified atom stereocenters. The Morgan fingerprint density at radius 1 is 1.50 bits per heavy atom. The van der Waals surface area contributed by atoms with Gasteiger partial charge in [0.25, 0.3) is 0 Å². The number of carbonyl (C=O) groups is 2. The predicted octanol–water partition coefficient (Wildman–Crippen LogP) is 2.38. The molecule has 1 aromatic rings. The molecule has 8 heteroatoms. The van der Waals surface area contributed by atoms with Gasteiger partial charge in [-0.25, -0.2) is 9.78 Å². The van der Waals surface area contributed by atoms with Crippen molar-refractivity contribution in [3.63, 3.8) is 0 Å². The fourth-order valence-electron chi connectivity index (χ4n) is 1.92. The lowest BCUT2D eigenvalue weighted by Crippen LogP contribution is -2.48. The Labute approximate surface area is 138 Å². The molecule has 1 aliphatic heterocycles. The molecule has 0 saturated carbocycles. The number of hydrogen-bond acceptors (Lipinski definition) is 6. The largest absolute Gasteiger partial charge is 0.444 e. The van der Waals surface area contributed by atoms with Gasteiger partial charge in [0.15, 0.2) is 0 Å². The maximum absolute atomic E-state index is 12.3. The zero-order valence-corrected chi connectivity index (χ0v) is 14.8. The van der Waals surface area contributed by atoms with Gasteiger partial charge in [-0.15, -0.1) is 23.1 Å². The van der Waals surface area contributed by atoms with Gasteiger partial charge in [-0.3, -0.25) is 9.69 Å². The van der Waals surface area contributed by atoms with E-state index in [0.717, 1.165) is 10.7 Å². The molecule has 22 heavy (non-hydrogen) atoms. The van der Waals surface area contributed by atoms with Gasteiger partial charge in [-0.05, 0) is 27.7 Å². The van der Waals surface area contributed by atoms with Crippen LogP contribution >= 0.6 is 23.1 Å². The van der Waals surface area contributed by atoms with Crippen LogP contribution < -0.4 is 5.32 Å². The topological polar surface area (TPSA) is 71.5 Å². The van der Waals surface area contributed by atoms with E-state index in [1.165, 1.54) is 16.2 Å². The summed E-state index contributed by atoms with van der Waals surface area (Å²) in [4.78, 5) is 30.3. The van der Waals surface area contributed by atoms with Crippen molar-refractivity contribution >= 4 is 35.1 Å². The Balaban J connectivity index is 1.91. The Kier molecular flexibility index (Phi) is 5.33. The van der Waals surface area contributed by atoms with Crippen molar-refractivity contribution in [1.82, 2.24) is 15.2 Å². The maximum Gasteiger partial charge on any atom is 0.411 e. The van der Waals surface area contributed by atoms with Crippen molar-refractivity contribution in [2.24, 2.45) is 0 Å². The van der Waals surface area contributed by atoms with Crippen molar-refractivity contribution in [3.8, 4) is 0 Å². The van der Waals surface area contributed by atoms with E-state index >= 15 is 0 Å². The number of rotatable bonds is 3. The summed E-state index contributed by atoms with van der Waals surface area (Å²) in [5.74, 6) is 0.898. The predicted molar refractivity (Wildman–Crippen MR) is 87.9 cm³/mol. The summed E-state index contributed by atoms with van der Waals surface area (Å²) < 4.78 is 5.35. The molecule has 1 aliphatic rings. The van der Waals surface area contributed by atoms with E-state index in [2.05, 4.69) is 10.3 Å². The van der Waals surface area contributed by atoms with E-state index in [9.17, 15) is 9.59 Å². The standard InChI is InChI=1S/C14H21N3O3S2/c1-9-6-22-11(16-9)5-15-12(18)10-7-21-8-17(10)13(19)20-14(2,3)4/h6,10H,5,7-8H2,1-4H3,(H,15,18). The van der Waals surface area contributed by atoms with Crippen molar-refractivity contribution in [1.29, 1.82) is 0 Å². The molecule has 1 aromatic heterocycles. The molecule has 2 heterocycles. The summed E-state index contributed by atoms with van der Waals surface area (Å²) in [6.45, 7) is 7.75. The fourth-order valence-corrected chi connectivity index (χ4v) is 3.78. The summed E-state index contributed by atoms with van der Waals surface area (Å²) in [6.07, 6.45) is -0.442. The molecule has 0 spiro atoms. The second kappa shape index (κ2) is 6.87. The minimum absolute atomic E-state index is 0.163. The second-order valence-corrected chi connectivity index (χ2v) is 8.01. The van der Waals surface area contributed by atoms with Crippen LogP contribution in [0.3, 0.4) is 0 Å². The number of thiazole rings is 1. The first-order chi connectivity index (χ1) is 10.3. The fraction of sp³-hybridized carbons (Fsp3) is 0.643. The van der Waals surface area contributed by atoms with Gasteiger partial charge in [0, 0.05) is 16.8 Å². The van der Waals surface area contributed by atoms with E-state index in [1.807, 2.05) is 33.1 Å². The third-order valence-corrected chi connectivity index (χ3v) is 4.87. The third kappa shape index (κ3) is 4.61. The summed E-state index contributed by atoms with van der Waals surface area (Å²) in [5, 5.41) is 5.65. The number of thioether (sulfide) groups is 1. The lowest BCUT2D eigenvalue weighted by Gasteiger charge is -2.27. The SMILES string of the molecule is Cc1csc(CNC(=O)C2CSCN2C(=O)OC(C)(C)C)n1. The van der Waals surface area contributed by atoms with Crippen LogP contribution in [0.1, 0.15) is 31.5 Å². The van der Waals surface area contributed by atoms with Gasteiger partial charge < -0.3 is 10.1 Å². The average molecular weight is 343 g/mol. The highest BCUT2D eigenvalue weighted by Gasteiger charge is 2.37. The van der Waals surface area contributed by atoms with Gasteiger partial charge in [0.2, 0.25) is 5.91 Å². The number of aromatic nitrogens is 1. The van der Waals surface area contributed by atoms with Gasteiger partial charge in [-0.1, -0.05) is 0 Å². The van der Waals surface area contributed by atoms with Gasteiger partial charge in [-0.2, -0.15) is 0 Å². The highest BCUT2D eigenvalue weighted by molar-refractivity contribution is 7.99. The average Bonchev–Trinajstić information content (AvgIpc) is 3.02. The molecule has 1 fully saturated rings. The number of hydrogen-bond donors (Lipinski definition) is 1. The molecule has 2 rings (SSSR count). The summed E-state index contributed by atoms with van der Waals surface area (Å²) in [7, 11) is 0. The number of ether oxygens (including phenoxy) is 1. The van der Waals surface area contributed by atoms with Crippen LogP contribution in [0.25, 0.3) is 0 Å². The van der Waals surface area contributed by atoms with Crippen LogP contribution in [-0.2, 0) is 16.1 Å². The summed E-state index contributed by atoms with van der Waals surface area (Å²) >= 11 is 3.06. The zero-order chi connectivity index (χ0) is 16.3. The molecule has 0 aromatic carbocycles. The van der Waals surface area contributed by atoms with E-state index < -0.39 is 17.7 Å². The minimum atomic E-state index is -0.566. The lowest BCUT2D eigenvalue weighted by atomic mass is 10.2. The number of carbonyl (C=O) groups excluding carboxylic acids is 2. The first-order valence-electron chi connectivity index (χ1n) is 7.02. The normalized spacial score (nSPS) is 18.4. The first-order valence-corrected chi connectivity index (χ1v) is 9.06. The molecule has 0 aliphatic carbocycles. The Hall–Kier alpha value is -1.28. The summed E-state index contributed by atoms with van der Waals surface area (Å²) in [5.41, 5.74) is 0.380. The van der Waals surface area contributed by atoms with Crippen LogP contribution in [0.5, 0.6) is 0 Å². The van der Waals surface area contributed by atoms with E-state index in [1.54, 1.807) is 11.8 Å². The molecule has 6 nitrogen and oxygen atoms in total. The molecule has 2 amide bonds. The maximum atomic E-state index is 12.3. The molecule has 122 valence electrons. The van der Waals surface area contributed by atoms with Crippen LogP contribution in [0.4, 0.5) is 4.79 Å². The van der Waals surface area contributed by atoms with E-state index in [-0.39, 0.29) is 5.91 Å². The molecule has 1 atom stereocenters. The molecule has 1 N–H and O–H groups in total. The Morgan fingerprint density at radius 3 is 2.82 bits per heavy atom. The van der Waals surface area contributed by atoms with Gasteiger partial charge in [0.1, 0.15) is 16.7 Å². The highest BCUT2D eigenvalue weighted by Crippen LogP contribution is 2.23. The van der Waals surface area contributed by atoms with Crippen LogP contribution in [0.2, 0.25) is 0 Å². The van der Waals surface area contributed by atoms with Gasteiger partial charge >= 0.3 is 6.09 Å². The van der Waals surface area contributed by atoms with Crippen molar-refractivity contribution in [2.45, 2.75) is 45.9 Å². The zero-order valence-electron chi connectivity index (χ0n) is 13.2. The molecule has 0 radical (unpaired) electrons. The van der Waals surface area contributed by atoms with Crippen molar-refractivity contribution < 1.29 is 14.3 Å². The number of nitrogens with zero attached hydrogens (tertiary/aromatic N) is 2. The van der Waals surface area contributed by atoms with Gasteiger partial charge in [0.05, 0.1) is 12.4 Å². The lowest BCUT2D eigenvalue weighted by molar-refractivity contribution is -0.125. The smallest absolute Gasteiger partial charge is 0.411 e. The third-order valence-electron chi connectivity index (χ3n) is 2.89.